The standard InChI is InChI=1S/C19H24N4O4S/c1-27-18-5-3-2-4-17(18)23-12-10-22(11-13-23)14-19(24)21-15-6-8-16(9-7-15)28(20,25)26/h2-9H,10-14H2,1H3,(H,21,24)(H2,20,25,26)/p+1. The van der Waals surface area contributed by atoms with Crippen molar-refractivity contribution in [1.29, 1.82) is 0 Å². The van der Waals surface area contributed by atoms with Crippen molar-refractivity contribution in [1.82, 2.24) is 0 Å². The van der Waals surface area contributed by atoms with Gasteiger partial charge in [-0.1, -0.05) is 12.1 Å². The van der Waals surface area contributed by atoms with Gasteiger partial charge in [-0.25, -0.2) is 13.6 Å². The molecule has 3 rings (SSSR count). The minimum absolute atomic E-state index is 0.0172. The number of benzene rings is 2. The summed E-state index contributed by atoms with van der Waals surface area (Å²) in [6.07, 6.45) is 0. The third-order valence-corrected chi connectivity index (χ3v) is 5.70. The van der Waals surface area contributed by atoms with Crippen LogP contribution in [0.1, 0.15) is 0 Å². The molecule has 0 aromatic heterocycles. The van der Waals surface area contributed by atoms with Crippen molar-refractivity contribution in [3.05, 3.63) is 48.5 Å². The summed E-state index contributed by atoms with van der Waals surface area (Å²) in [5.41, 5.74) is 1.62. The van der Waals surface area contributed by atoms with Gasteiger partial charge in [-0.3, -0.25) is 4.79 Å². The van der Waals surface area contributed by atoms with Crippen LogP contribution in [-0.4, -0.2) is 54.2 Å². The predicted octanol–water partition coefficient (Wildman–Crippen LogP) is -0.314. The molecule has 0 bridgehead atoms. The van der Waals surface area contributed by atoms with Crippen molar-refractivity contribution < 1.29 is 22.8 Å². The lowest BCUT2D eigenvalue weighted by Gasteiger charge is -2.34. The van der Waals surface area contributed by atoms with Crippen molar-refractivity contribution in [3.8, 4) is 5.75 Å². The first kappa shape index (κ1) is 20.1. The number of rotatable bonds is 6. The van der Waals surface area contributed by atoms with Gasteiger partial charge < -0.3 is 19.9 Å². The fourth-order valence-corrected chi connectivity index (χ4v) is 3.81. The van der Waals surface area contributed by atoms with Gasteiger partial charge >= 0.3 is 0 Å². The second kappa shape index (κ2) is 8.59. The minimum atomic E-state index is -3.73. The number of piperazine rings is 1. The number of hydrogen-bond donors (Lipinski definition) is 3. The zero-order valence-electron chi connectivity index (χ0n) is 15.7. The zero-order chi connectivity index (χ0) is 20.1. The molecule has 1 aliphatic rings. The molecule has 0 spiro atoms. The summed E-state index contributed by atoms with van der Waals surface area (Å²) in [4.78, 5) is 15.8. The number of quaternary nitrogens is 1. The Bertz CT molecular complexity index is 923. The van der Waals surface area contributed by atoms with Crippen LogP contribution in [0.3, 0.4) is 0 Å². The molecule has 0 radical (unpaired) electrons. The summed E-state index contributed by atoms with van der Waals surface area (Å²) >= 11 is 0. The Morgan fingerprint density at radius 1 is 1.14 bits per heavy atom. The largest absolute Gasteiger partial charge is 0.495 e. The van der Waals surface area contributed by atoms with Gasteiger partial charge in [0.05, 0.1) is 43.9 Å². The Morgan fingerprint density at radius 2 is 1.79 bits per heavy atom. The van der Waals surface area contributed by atoms with Crippen molar-refractivity contribution in [2.75, 3.05) is 50.1 Å². The lowest BCUT2D eigenvalue weighted by molar-refractivity contribution is -0.892. The van der Waals surface area contributed by atoms with Gasteiger partial charge in [-0.05, 0) is 36.4 Å². The molecule has 1 fully saturated rings. The Kier molecular flexibility index (Phi) is 6.18. The second-order valence-corrected chi connectivity index (χ2v) is 8.26. The number of nitrogens with zero attached hydrogens (tertiary/aromatic N) is 1. The molecule has 150 valence electrons. The van der Waals surface area contributed by atoms with E-state index >= 15 is 0 Å². The fourth-order valence-electron chi connectivity index (χ4n) is 3.29. The monoisotopic (exact) mass is 405 g/mol. The zero-order valence-corrected chi connectivity index (χ0v) is 16.5. The molecular formula is C19H25N4O4S+. The number of para-hydroxylation sites is 2. The van der Waals surface area contributed by atoms with Crippen molar-refractivity contribution >= 4 is 27.3 Å². The number of carbonyl (C=O) groups excluding carboxylic acids is 1. The van der Waals surface area contributed by atoms with Gasteiger partial charge in [0.15, 0.2) is 6.54 Å². The van der Waals surface area contributed by atoms with E-state index in [1.165, 1.54) is 29.2 Å². The molecule has 0 atom stereocenters. The Morgan fingerprint density at radius 3 is 2.39 bits per heavy atom. The highest BCUT2D eigenvalue weighted by Gasteiger charge is 2.24. The minimum Gasteiger partial charge on any atom is -0.495 e. The Labute approximate surface area is 164 Å². The summed E-state index contributed by atoms with van der Waals surface area (Å²) in [5.74, 6) is 0.746. The van der Waals surface area contributed by atoms with Crippen molar-refractivity contribution in [2.45, 2.75) is 4.90 Å². The van der Waals surface area contributed by atoms with Crippen molar-refractivity contribution in [3.63, 3.8) is 0 Å². The molecule has 1 heterocycles. The van der Waals surface area contributed by atoms with Crippen LogP contribution in [0.25, 0.3) is 0 Å². The molecular weight excluding hydrogens is 380 g/mol. The lowest BCUT2D eigenvalue weighted by Crippen LogP contribution is -3.15. The molecule has 1 aliphatic heterocycles. The quantitative estimate of drug-likeness (QED) is 0.611. The van der Waals surface area contributed by atoms with E-state index in [0.29, 0.717) is 12.2 Å². The molecule has 0 saturated carbocycles. The first-order chi connectivity index (χ1) is 13.4. The van der Waals surface area contributed by atoms with Gasteiger partial charge in [0.1, 0.15) is 5.75 Å². The third kappa shape index (κ3) is 5.00. The van der Waals surface area contributed by atoms with Crippen LogP contribution in [-0.2, 0) is 14.8 Å². The first-order valence-corrected chi connectivity index (χ1v) is 10.6. The predicted molar refractivity (Wildman–Crippen MR) is 107 cm³/mol. The number of ether oxygens (including phenoxy) is 1. The van der Waals surface area contributed by atoms with Gasteiger partial charge in [-0.15, -0.1) is 0 Å². The molecule has 2 aromatic carbocycles. The van der Waals surface area contributed by atoms with Gasteiger partial charge in [-0.2, -0.15) is 0 Å². The van der Waals surface area contributed by atoms with Gasteiger partial charge in [0, 0.05) is 5.69 Å². The highest BCUT2D eigenvalue weighted by molar-refractivity contribution is 7.89. The van der Waals surface area contributed by atoms with Crippen LogP contribution in [0.2, 0.25) is 0 Å². The maximum Gasteiger partial charge on any atom is 0.279 e. The Hall–Kier alpha value is -2.62. The molecule has 1 saturated heterocycles. The van der Waals surface area contributed by atoms with E-state index in [-0.39, 0.29) is 10.8 Å². The van der Waals surface area contributed by atoms with Crippen LogP contribution in [0.15, 0.2) is 53.4 Å². The van der Waals surface area contributed by atoms with E-state index in [0.717, 1.165) is 37.6 Å². The molecule has 28 heavy (non-hydrogen) atoms. The molecule has 0 unspecified atom stereocenters. The lowest BCUT2D eigenvalue weighted by atomic mass is 10.2. The summed E-state index contributed by atoms with van der Waals surface area (Å²) in [6.45, 7) is 3.72. The van der Waals surface area contributed by atoms with Crippen LogP contribution < -0.4 is 25.0 Å². The number of nitrogens with two attached hydrogens (primary N) is 1. The number of amides is 1. The molecule has 4 N–H and O–H groups in total. The second-order valence-electron chi connectivity index (χ2n) is 6.70. The summed E-state index contributed by atoms with van der Waals surface area (Å²) in [5, 5.41) is 7.87. The summed E-state index contributed by atoms with van der Waals surface area (Å²) in [6, 6.07) is 13.8. The van der Waals surface area contributed by atoms with Crippen LogP contribution in [0.4, 0.5) is 11.4 Å². The molecule has 0 aliphatic carbocycles. The number of methoxy groups -OCH3 is 1. The number of primary sulfonamides is 1. The number of carbonyl (C=O) groups is 1. The summed E-state index contributed by atoms with van der Waals surface area (Å²) in [7, 11) is -2.07. The highest BCUT2D eigenvalue weighted by atomic mass is 32.2. The molecule has 2 aromatic rings. The molecule has 8 nitrogen and oxygen atoms in total. The van der Waals surface area contributed by atoms with Gasteiger partial charge in [0.25, 0.3) is 5.91 Å². The average Bonchev–Trinajstić information content (AvgIpc) is 2.68. The Balaban J connectivity index is 1.51. The number of nitrogens with one attached hydrogen (secondary N) is 2. The van der Waals surface area contributed by atoms with E-state index in [9.17, 15) is 13.2 Å². The van der Waals surface area contributed by atoms with E-state index in [1.807, 2.05) is 24.3 Å². The third-order valence-electron chi connectivity index (χ3n) is 4.77. The van der Waals surface area contributed by atoms with Crippen LogP contribution in [0.5, 0.6) is 5.75 Å². The normalized spacial score (nSPS) is 15.3. The fraction of sp³-hybridized carbons (Fsp3) is 0.316. The highest BCUT2D eigenvalue weighted by Crippen LogP contribution is 2.27. The van der Waals surface area contributed by atoms with Crippen LogP contribution >= 0.6 is 0 Å². The van der Waals surface area contributed by atoms with E-state index in [4.69, 9.17) is 9.88 Å². The molecule has 9 heteroatoms. The van der Waals surface area contributed by atoms with E-state index in [1.54, 1.807) is 7.11 Å². The van der Waals surface area contributed by atoms with Crippen LogP contribution in [0, 0.1) is 0 Å². The molecule has 1 amide bonds. The number of sulfonamides is 1. The maximum atomic E-state index is 12.3. The average molecular weight is 406 g/mol. The smallest absolute Gasteiger partial charge is 0.279 e. The van der Waals surface area contributed by atoms with Gasteiger partial charge in [0.2, 0.25) is 10.0 Å². The summed E-state index contributed by atoms with van der Waals surface area (Å²) < 4.78 is 28.0. The van der Waals surface area contributed by atoms with E-state index in [2.05, 4.69) is 10.2 Å². The van der Waals surface area contributed by atoms with Crippen molar-refractivity contribution in [2.24, 2.45) is 5.14 Å². The SMILES string of the molecule is COc1ccccc1N1CC[NH+](CC(=O)Nc2ccc(S(N)(=O)=O)cc2)CC1. The number of anilines is 2. The topological polar surface area (TPSA) is 106 Å². The first-order valence-electron chi connectivity index (χ1n) is 9.01. The maximum absolute atomic E-state index is 12.3. The van der Waals surface area contributed by atoms with E-state index < -0.39 is 10.0 Å². The number of hydrogen-bond acceptors (Lipinski definition) is 5.